The third-order valence-electron chi connectivity index (χ3n) is 5.53. The molecule has 0 aromatic rings. The molecule has 0 unspecified atom stereocenters. The average Bonchev–Trinajstić information content (AvgIpc) is 2.85. The van der Waals surface area contributed by atoms with E-state index in [1.54, 1.807) is 0 Å². The van der Waals surface area contributed by atoms with Gasteiger partial charge in [-0.1, -0.05) is 12.8 Å². The fraction of sp³-hybridized carbons (Fsp3) is 0.933. The number of sulfone groups is 1. The van der Waals surface area contributed by atoms with Gasteiger partial charge >= 0.3 is 6.03 Å². The molecular formula is C15H27N3O3S. The number of nitrogens with one attached hydrogen (secondary N) is 1. The first-order valence-electron chi connectivity index (χ1n) is 8.44. The van der Waals surface area contributed by atoms with E-state index in [4.69, 9.17) is 0 Å². The molecule has 3 aliphatic rings. The standard InChI is InChI=1S/C15H27N3O3S/c1-17-10-11-22(20,21)14-7-9-18(8-6-13(14)17)15(19)16-12-4-2-3-5-12/h12-14H,2-11H2,1H3,(H,16,19)/t13-,14+/m0/s1. The van der Waals surface area contributed by atoms with Crippen molar-refractivity contribution in [1.29, 1.82) is 0 Å². The molecule has 7 heteroatoms. The van der Waals surface area contributed by atoms with Gasteiger partial charge in [0.25, 0.3) is 0 Å². The number of likely N-dealkylation sites (tertiary alicyclic amines) is 1. The second kappa shape index (κ2) is 6.35. The smallest absolute Gasteiger partial charge is 0.317 e. The van der Waals surface area contributed by atoms with Gasteiger partial charge in [-0.3, -0.25) is 0 Å². The molecule has 2 heterocycles. The Morgan fingerprint density at radius 3 is 2.45 bits per heavy atom. The van der Waals surface area contributed by atoms with Gasteiger partial charge in [0.05, 0.1) is 11.0 Å². The quantitative estimate of drug-likeness (QED) is 0.774. The highest BCUT2D eigenvalue weighted by Crippen LogP contribution is 2.27. The second-order valence-electron chi connectivity index (χ2n) is 6.95. The van der Waals surface area contributed by atoms with E-state index in [0.29, 0.717) is 32.1 Å². The first kappa shape index (κ1) is 16.1. The number of fused-ring (bicyclic) bond motifs is 1. The predicted molar refractivity (Wildman–Crippen MR) is 85.6 cm³/mol. The maximum absolute atomic E-state index is 12.4. The minimum absolute atomic E-state index is 0.00871. The number of carbonyl (C=O) groups is 1. The highest BCUT2D eigenvalue weighted by Gasteiger charge is 2.42. The van der Waals surface area contributed by atoms with E-state index in [1.807, 2.05) is 11.9 Å². The van der Waals surface area contributed by atoms with Gasteiger partial charge < -0.3 is 15.1 Å². The molecule has 2 saturated heterocycles. The van der Waals surface area contributed by atoms with Crippen LogP contribution in [-0.4, -0.2) is 74.0 Å². The Labute approximate surface area is 133 Å². The third kappa shape index (κ3) is 3.25. The number of nitrogens with zero attached hydrogens (tertiary/aromatic N) is 2. The normalized spacial score (nSPS) is 33.2. The SMILES string of the molecule is CN1CCS(=O)(=O)[C@@H]2CCN(C(=O)NC3CCCC3)CC[C@@H]21. The van der Waals surface area contributed by atoms with Crippen molar-refractivity contribution in [2.24, 2.45) is 0 Å². The Morgan fingerprint density at radius 2 is 1.73 bits per heavy atom. The molecule has 3 rings (SSSR count). The summed E-state index contributed by atoms with van der Waals surface area (Å²) in [4.78, 5) is 16.4. The van der Waals surface area contributed by atoms with Crippen LogP contribution in [-0.2, 0) is 9.84 Å². The highest BCUT2D eigenvalue weighted by molar-refractivity contribution is 7.92. The van der Waals surface area contributed by atoms with Gasteiger partial charge in [-0.15, -0.1) is 0 Å². The minimum Gasteiger partial charge on any atom is -0.335 e. The molecule has 0 aromatic carbocycles. The molecule has 1 saturated carbocycles. The van der Waals surface area contributed by atoms with Crippen LogP contribution in [0.1, 0.15) is 38.5 Å². The van der Waals surface area contributed by atoms with Gasteiger partial charge in [-0.2, -0.15) is 0 Å². The Kier molecular flexibility index (Phi) is 4.64. The van der Waals surface area contributed by atoms with Crippen LogP contribution in [0.2, 0.25) is 0 Å². The number of rotatable bonds is 1. The Morgan fingerprint density at radius 1 is 1.05 bits per heavy atom. The van der Waals surface area contributed by atoms with E-state index in [0.717, 1.165) is 19.3 Å². The van der Waals surface area contributed by atoms with Crippen LogP contribution in [0.25, 0.3) is 0 Å². The van der Waals surface area contributed by atoms with Crippen LogP contribution in [0.15, 0.2) is 0 Å². The fourth-order valence-electron chi connectivity index (χ4n) is 4.11. The van der Waals surface area contributed by atoms with Crippen LogP contribution in [0.4, 0.5) is 4.79 Å². The summed E-state index contributed by atoms with van der Waals surface area (Å²) >= 11 is 0. The lowest BCUT2D eigenvalue weighted by atomic mass is 10.1. The van der Waals surface area contributed by atoms with Crippen LogP contribution in [0.3, 0.4) is 0 Å². The molecule has 2 amide bonds. The van der Waals surface area contributed by atoms with Gasteiger partial charge in [0, 0.05) is 31.7 Å². The van der Waals surface area contributed by atoms with Gasteiger partial charge in [0.1, 0.15) is 0 Å². The van der Waals surface area contributed by atoms with Crippen LogP contribution >= 0.6 is 0 Å². The summed E-state index contributed by atoms with van der Waals surface area (Å²) in [7, 11) is -1.01. The Balaban J connectivity index is 1.64. The van der Waals surface area contributed by atoms with Crippen molar-refractivity contribution in [3.63, 3.8) is 0 Å². The molecule has 0 radical (unpaired) electrons. The first-order valence-corrected chi connectivity index (χ1v) is 10.2. The van der Waals surface area contributed by atoms with Gasteiger partial charge in [-0.05, 0) is 32.7 Å². The lowest BCUT2D eigenvalue weighted by molar-refractivity contribution is 0.191. The molecule has 0 aromatic heterocycles. The number of hydrogen-bond acceptors (Lipinski definition) is 4. The van der Waals surface area contributed by atoms with E-state index in [2.05, 4.69) is 10.2 Å². The summed E-state index contributed by atoms with van der Waals surface area (Å²) in [5.41, 5.74) is 0. The summed E-state index contributed by atoms with van der Waals surface area (Å²) in [5, 5.41) is 2.80. The van der Waals surface area contributed by atoms with Crippen molar-refractivity contribution in [3.05, 3.63) is 0 Å². The number of urea groups is 1. The van der Waals surface area contributed by atoms with Crippen molar-refractivity contribution < 1.29 is 13.2 Å². The third-order valence-corrected chi connectivity index (χ3v) is 7.76. The fourth-order valence-corrected chi connectivity index (χ4v) is 6.24. The topological polar surface area (TPSA) is 69.7 Å². The van der Waals surface area contributed by atoms with E-state index >= 15 is 0 Å². The van der Waals surface area contributed by atoms with E-state index in [-0.39, 0.29) is 23.1 Å². The van der Waals surface area contributed by atoms with Gasteiger partial charge in [-0.25, -0.2) is 13.2 Å². The molecule has 1 N–H and O–H groups in total. The zero-order valence-electron chi connectivity index (χ0n) is 13.3. The zero-order valence-corrected chi connectivity index (χ0v) is 14.1. The summed E-state index contributed by atoms with van der Waals surface area (Å²) in [6.45, 7) is 1.81. The van der Waals surface area contributed by atoms with Crippen LogP contribution < -0.4 is 5.32 Å². The van der Waals surface area contributed by atoms with Crippen molar-refractivity contribution in [2.75, 3.05) is 32.4 Å². The van der Waals surface area contributed by atoms with Crippen molar-refractivity contribution in [3.8, 4) is 0 Å². The number of carbonyl (C=O) groups excluding carboxylic acids is 1. The second-order valence-corrected chi connectivity index (χ2v) is 9.29. The Bertz CT molecular complexity index is 516. The molecule has 22 heavy (non-hydrogen) atoms. The lowest BCUT2D eigenvalue weighted by Crippen LogP contribution is -2.52. The van der Waals surface area contributed by atoms with E-state index in [9.17, 15) is 13.2 Å². The molecule has 2 atom stereocenters. The molecule has 2 aliphatic heterocycles. The van der Waals surface area contributed by atoms with E-state index in [1.165, 1.54) is 12.8 Å². The van der Waals surface area contributed by atoms with Crippen LogP contribution in [0.5, 0.6) is 0 Å². The summed E-state index contributed by atoms with van der Waals surface area (Å²) in [6.07, 6.45) is 5.84. The molecule has 126 valence electrons. The summed E-state index contributed by atoms with van der Waals surface area (Å²) in [5.74, 6) is 0.249. The monoisotopic (exact) mass is 329 g/mol. The maximum Gasteiger partial charge on any atom is 0.317 e. The van der Waals surface area contributed by atoms with Gasteiger partial charge in [0.2, 0.25) is 0 Å². The van der Waals surface area contributed by atoms with Crippen molar-refractivity contribution in [1.82, 2.24) is 15.1 Å². The van der Waals surface area contributed by atoms with Crippen molar-refractivity contribution >= 4 is 15.9 Å². The molecule has 0 spiro atoms. The molecule has 1 aliphatic carbocycles. The maximum atomic E-state index is 12.4. The van der Waals surface area contributed by atoms with Crippen molar-refractivity contribution in [2.45, 2.75) is 55.9 Å². The number of hydrogen-bond donors (Lipinski definition) is 1. The average molecular weight is 329 g/mol. The minimum atomic E-state index is -3.01. The van der Waals surface area contributed by atoms with E-state index < -0.39 is 9.84 Å². The number of amides is 2. The largest absolute Gasteiger partial charge is 0.335 e. The molecule has 0 bridgehead atoms. The summed E-state index contributed by atoms with van der Waals surface area (Å²) < 4.78 is 24.6. The first-order chi connectivity index (χ1) is 10.5. The highest BCUT2D eigenvalue weighted by atomic mass is 32.2. The molecule has 3 fully saturated rings. The molecule has 6 nitrogen and oxygen atoms in total. The van der Waals surface area contributed by atoms with Gasteiger partial charge in [0.15, 0.2) is 9.84 Å². The Hall–Kier alpha value is -0.820. The molecular weight excluding hydrogens is 302 g/mol. The van der Waals surface area contributed by atoms with Crippen LogP contribution in [0, 0.1) is 0 Å². The zero-order chi connectivity index (χ0) is 15.7. The summed E-state index contributed by atoms with van der Waals surface area (Å²) in [6, 6.07) is 0.359. The lowest BCUT2D eigenvalue weighted by Gasteiger charge is -2.37. The predicted octanol–water partition coefficient (Wildman–Crippen LogP) is 0.832.